The van der Waals surface area contributed by atoms with Gasteiger partial charge in [0.05, 0.1) is 52.4 Å². The fourth-order valence-corrected chi connectivity index (χ4v) is 4.78. The molecule has 16 heteroatoms. The van der Waals surface area contributed by atoms with Crippen molar-refractivity contribution in [2.75, 3.05) is 0 Å². The summed E-state index contributed by atoms with van der Waals surface area (Å²) in [5, 5.41) is 27.1. The molecule has 1 aliphatic heterocycles. The third-order valence-electron chi connectivity index (χ3n) is 6.90. The Kier molecular flexibility index (Phi) is 8.18. The van der Waals surface area contributed by atoms with Gasteiger partial charge in [-0.2, -0.15) is 36.5 Å². The maximum atomic E-state index is 14.3. The van der Waals surface area contributed by atoms with Crippen molar-refractivity contribution in [1.29, 1.82) is 0 Å². The average molecular weight is 635 g/mol. The van der Waals surface area contributed by atoms with Crippen molar-refractivity contribution in [1.82, 2.24) is 25.1 Å². The van der Waals surface area contributed by atoms with Crippen molar-refractivity contribution in [2.24, 2.45) is 0 Å². The number of H-pyrrole nitrogens is 1. The molecule has 0 bridgehead atoms. The van der Waals surface area contributed by atoms with E-state index in [1.165, 1.54) is 35.4 Å². The van der Waals surface area contributed by atoms with E-state index < -0.39 is 70.9 Å². The van der Waals surface area contributed by atoms with Crippen LogP contribution in [0.2, 0.25) is 0 Å². The van der Waals surface area contributed by atoms with Gasteiger partial charge in [-0.05, 0) is 42.5 Å². The van der Waals surface area contributed by atoms with E-state index in [1.807, 2.05) is 0 Å². The summed E-state index contributed by atoms with van der Waals surface area (Å²) < 4.78 is 94.9. The van der Waals surface area contributed by atoms with Crippen LogP contribution in [-0.4, -0.2) is 53.1 Å². The number of ketones is 1. The van der Waals surface area contributed by atoms with E-state index in [9.17, 15) is 45.4 Å². The third-order valence-corrected chi connectivity index (χ3v) is 6.90. The molecule has 45 heavy (non-hydrogen) atoms. The Balaban J connectivity index is 1.51. The monoisotopic (exact) mass is 635 g/mol. The number of nitrogens with one attached hydrogen (secondary N) is 1. The predicted molar refractivity (Wildman–Crippen MR) is 142 cm³/mol. The number of nitrogens with zero attached hydrogens (tertiary/aromatic N) is 4. The van der Waals surface area contributed by atoms with Crippen LogP contribution in [0.5, 0.6) is 0 Å². The fraction of sp³-hybridized carbons (Fsp3) is 0.207. The van der Waals surface area contributed by atoms with E-state index in [2.05, 4.69) is 20.2 Å². The topological polar surface area (TPSA) is 132 Å². The van der Waals surface area contributed by atoms with Crippen molar-refractivity contribution in [2.45, 2.75) is 37.5 Å². The molecule has 0 spiro atoms. The number of benzene rings is 2. The molecule has 0 saturated carbocycles. The summed E-state index contributed by atoms with van der Waals surface area (Å²) in [5.74, 6) is -2.89. The van der Waals surface area contributed by atoms with Crippen LogP contribution in [0.4, 0.5) is 30.7 Å². The number of aliphatic hydroxyl groups excluding tert-OH is 1. The number of aromatic nitrogens is 4. The lowest BCUT2D eigenvalue weighted by Crippen LogP contribution is -2.38. The number of halogens is 7. The fourth-order valence-electron chi connectivity index (χ4n) is 4.78. The number of carbonyl (C=O) groups is 2. The first-order valence-corrected chi connectivity index (χ1v) is 13.0. The Bertz CT molecular complexity index is 1780. The molecule has 2 unspecified atom stereocenters. The molecule has 5 rings (SSSR count). The molecular formula is C29H20F7N5O4. The van der Waals surface area contributed by atoms with Crippen molar-refractivity contribution < 1.29 is 50.5 Å². The molecule has 4 aromatic rings. The number of hydrogen-bond acceptors (Lipinski definition) is 7. The number of Topliss-reactive ketones (excluding diaryl/α,β-unsaturated/α-hetero) is 1. The molecule has 1 aliphatic rings. The SMILES string of the molecule is O=C(O)CC(O)C(=O)C(c1ccc(-c2ccc(C(F)(F)F)cc2C(F)(F)F)nn1)N1C=Cc2nc(-c3ccccc3F)[nH]c2C1. The first kappa shape index (κ1) is 31.3. The molecular weight excluding hydrogens is 615 g/mol. The smallest absolute Gasteiger partial charge is 0.417 e. The predicted octanol–water partition coefficient (Wildman–Crippen LogP) is 5.64. The highest BCUT2D eigenvalue weighted by Gasteiger charge is 2.39. The lowest BCUT2D eigenvalue weighted by Gasteiger charge is -2.31. The van der Waals surface area contributed by atoms with Gasteiger partial charge in [-0.15, -0.1) is 0 Å². The summed E-state index contributed by atoms with van der Waals surface area (Å²) in [6.45, 7) is -0.107. The first-order chi connectivity index (χ1) is 21.1. The van der Waals surface area contributed by atoms with Crippen LogP contribution in [0.1, 0.15) is 40.7 Å². The summed E-state index contributed by atoms with van der Waals surface area (Å²) in [6, 6.07) is 7.44. The number of imidazole rings is 1. The molecule has 2 aromatic carbocycles. The van der Waals surface area contributed by atoms with Gasteiger partial charge < -0.3 is 20.1 Å². The van der Waals surface area contributed by atoms with Gasteiger partial charge in [0, 0.05) is 11.8 Å². The van der Waals surface area contributed by atoms with Crippen LogP contribution >= 0.6 is 0 Å². The number of aliphatic hydroxyl groups is 1. The number of carboxylic acid groups (broad SMARTS) is 1. The minimum Gasteiger partial charge on any atom is -0.481 e. The van der Waals surface area contributed by atoms with Crippen LogP contribution < -0.4 is 0 Å². The number of rotatable bonds is 8. The zero-order valence-corrected chi connectivity index (χ0v) is 22.6. The van der Waals surface area contributed by atoms with E-state index in [-0.39, 0.29) is 29.7 Å². The lowest BCUT2D eigenvalue weighted by molar-refractivity contribution is -0.145. The number of carboxylic acids is 1. The van der Waals surface area contributed by atoms with Gasteiger partial charge in [0.2, 0.25) is 0 Å². The van der Waals surface area contributed by atoms with Gasteiger partial charge in [0.1, 0.15) is 23.8 Å². The lowest BCUT2D eigenvalue weighted by atomic mass is 9.97. The number of aromatic amines is 1. The van der Waals surface area contributed by atoms with E-state index >= 15 is 0 Å². The number of carbonyl (C=O) groups excluding carboxylic acids is 1. The Morgan fingerprint density at radius 1 is 0.956 bits per heavy atom. The van der Waals surface area contributed by atoms with Crippen LogP contribution in [0.15, 0.2) is 60.8 Å². The standard InChI is InChI=1S/C29H20F7N5O4/c30-18-4-2-1-3-16(18)27-37-20-9-10-41(13-22(20)38-27)25(26(45)23(42)12-24(43)44)21-8-7-19(39-40-21)15-6-5-14(28(31,32)33)11-17(15)29(34,35)36/h1-11,23,25,42H,12-13H2,(H,37,38)(H,43,44). The van der Waals surface area contributed by atoms with Crippen LogP contribution in [0.25, 0.3) is 28.7 Å². The zero-order valence-electron chi connectivity index (χ0n) is 22.6. The average Bonchev–Trinajstić information content (AvgIpc) is 3.39. The normalized spacial score (nSPS) is 14.6. The second-order valence-corrected chi connectivity index (χ2v) is 9.94. The Morgan fingerprint density at radius 2 is 1.69 bits per heavy atom. The second kappa shape index (κ2) is 11.8. The molecule has 3 heterocycles. The van der Waals surface area contributed by atoms with Crippen molar-refractivity contribution in [3.8, 4) is 22.6 Å². The summed E-state index contributed by atoms with van der Waals surface area (Å²) >= 11 is 0. The van der Waals surface area contributed by atoms with E-state index in [4.69, 9.17) is 5.11 Å². The second-order valence-electron chi connectivity index (χ2n) is 9.94. The van der Waals surface area contributed by atoms with Gasteiger partial charge in [0.25, 0.3) is 0 Å². The third kappa shape index (κ3) is 6.55. The highest BCUT2D eigenvalue weighted by molar-refractivity contribution is 5.91. The molecule has 0 saturated heterocycles. The van der Waals surface area contributed by atoms with Gasteiger partial charge in [-0.1, -0.05) is 18.2 Å². The van der Waals surface area contributed by atoms with Crippen LogP contribution in [-0.2, 0) is 28.5 Å². The molecule has 234 valence electrons. The number of alkyl halides is 6. The molecule has 0 fully saturated rings. The van der Waals surface area contributed by atoms with Gasteiger partial charge in [-0.25, -0.2) is 9.37 Å². The van der Waals surface area contributed by atoms with E-state index in [0.29, 0.717) is 23.5 Å². The summed E-state index contributed by atoms with van der Waals surface area (Å²) in [6.07, 6.45) is -10.4. The highest BCUT2D eigenvalue weighted by atomic mass is 19.4. The van der Waals surface area contributed by atoms with Crippen molar-refractivity contribution >= 4 is 17.8 Å². The van der Waals surface area contributed by atoms with Gasteiger partial charge in [-0.3, -0.25) is 9.59 Å². The summed E-state index contributed by atoms with van der Waals surface area (Å²) in [4.78, 5) is 33.2. The van der Waals surface area contributed by atoms with Crippen molar-refractivity contribution in [3.63, 3.8) is 0 Å². The van der Waals surface area contributed by atoms with Crippen molar-refractivity contribution in [3.05, 3.63) is 94.8 Å². The number of fused-ring (bicyclic) bond motifs is 1. The molecule has 2 aromatic heterocycles. The van der Waals surface area contributed by atoms with E-state index in [1.54, 1.807) is 6.07 Å². The molecule has 2 atom stereocenters. The Hall–Kier alpha value is -5.12. The largest absolute Gasteiger partial charge is 0.481 e. The number of hydrogen-bond donors (Lipinski definition) is 3. The van der Waals surface area contributed by atoms with Crippen LogP contribution in [0.3, 0.4) is 0 Å². The van der Waals surface area contributed by atoms with Gasteiger partial charge >= 0.3 is 18.3 Å². The van der Waals surface area contributed by atoms with E-state index in [0.717, 1.165) is 12.1 Å². The van der Waals surface area contributed by atoms with Gasteiger partial charge in [0.15, 0.2) is 5.78 Å². The minimum atomic E-state index is -5.18. The van der Waals surface area contributed by atoms with Crippen LogP contribution in [0, 0.1) is 5.82 Å². The molecule has 3 N–H and O–H groups in total. The zero-order chi connectivity index (χ0) is 32.7. The highest BCUT2D eigenvalue weighted by Crippen LogP contribution is 2.41. The first-order valence-electron chi connectivity index (χ1n) is 13.0. The summed E-state index contributed by atoms with van der Waals surface area (Å²) in [7, 11) is 0. The number of aliphatic carboxylic acids is 1. The maximum absolute atomic E-state index is 14.3. The molecule has 0 radical (unpaired) electrons. The molecule has 0 amide bonds. The Labute approximate surface area is 248 Å². The Morgan fingerprint density at radius 3 is 2.31 bits per heavy atom. The quantitative estimate of drug-likeness (QED) is 0.212. The minimum absolute atomic E-state index is 0.0460. The molecule has 9 nitrogen and oxygen atoms in total. The maximum Gasteiger partial charge on any atom is 0.417 e. The summed E-state index contributed by atoms with van der Waals surface area (Å²) in [5.41, 5.74) is -3.54. The molecule has 0 aliphatic carbocycles.